The van der Waals surface area contributed by atoms with Gasteiger partial charge in [0.15, 0.2) is 0 Å². The van der Waals surface area contributed by atoms with E-state index in [-0.39, 0.29) is 12.0 Å². The predicted molar refractivity (Wildman–Crippen MR) is 151 cm³/mol. The molecule has 0 radical (unpaired) electrons. The zero-order chi connectivity index (χ0) is 28.4. The van der Waals surface area contributed by atoms with Gasteiger partial charge >= 0.3 is 17.4 Å². The van der Waals surface area contributed by atoms with Crippen LogP contribution in [-0.4, -0.2) is 30.2 Å². The van der Waals surface area contributed by atoms with Crippen LogP contribution in [0.5, 0.6) is 0 Å². The van der Waals surface area contributed by atoms with E-state index in [0.29, 0.717) is 28.4 Å². The van der Waals surface area contributed by atoms with Crippen molar-refractivity contribution in [3.05, 3.63) is 123 Å². The first-order valence-corrected chi connectivity index (χ1v) is 12.6. The summed E-state index contributed by atoms with van der Waals surface area (Å²) in [5.41, 5.74) is 1.70. The van der Waals surface area contributed by atoms with Gasteiger partial charge < -0.3 is 5.32 Å². The first-order chi connectivity index (χ1) is 19.1. The molecule has 0 aliphatic carbocycles. The minimum atomic E-state index is -0.534. The Morgan fingerprint density at radius 2 is 1.60 bits per heavy atom. The van der Waals surface area contributed by atoms with Gasteiger partial charge in [0.25, 0.3) is 0 Å². The third-order valence-electron chi connectivity index (χ3n) is 6.21. The number of aromatic amines is 1. The Bertz CT molecular complexity index is 1780. The molecular weight excluding hydrogens is 513 g/mol. The molecule has 3 aromatic carbocycles. The van der Waals surface area contributed by atoms with Gasteiger partial charge in [-0.1, -0.05) is 51.1 Å². The molecule has 5 rings (SSSR count). The Labute approximate surface area is 228 Å². The summed E-state index contributed by atoms with van der Waals surface area (Å²) in [5, 5.41) is 12.8. The molecule has 40 heavy (non-hydrogen) atoms. The maximum atomic E-state index is 13.2. The van der Waals surface area contributed by atoms with Gasteiger partial charge in [-0.25, -0.2) is 37.8 Å². The molecule has 10 nitrogen and oxygen atoms in total. The third-order valence-corrected chi connectivity index (χ3v) is 6.21. The largest absolute Gasteiger partial charge is 0.352 e. The van der Waals surface area contributed by atoms with Crippen LogP contribution in [0.1, 0.15) is 32.0 Å². The summed E-state index contributed by atoms with van der Waals surface area (Å²) in [6.07, 6.45) is 0. The molecule has 0 saturated carbocycles. The van der Waals surface area contributed by atoms with Crippen LogP contribution in [0, 0.1) is 5.82 Å². The van der Waals surface area contributed by atoms with Crippen LogP contribution < -0.4 is 22.0 Å². The van der Waals surface area contributed by atoms with Crippen LogP contribution in [-0.2, 0) is 12.0 Å². The van der Waals surface area contributed by atoms with Crippen molar-refractivity contribution in [1.82, 2.24) is 24.1 Å². The van der Waals surface area contributed by atoms with E-state index >= 15 is 0 Å². The normalized spacial score (nSPS) is 11.4. The number of aromatic nitrogens is 5. The minimum absolute atomic E-state index is 0.0308. The second-order valence-corrected chi connectivity index (χ2v) is 10.3. The number of hydrogen-bond acceptors (Lipinski definition) is 4. The van der Waals surface area contributed by atoms with Crippen molar-refractivity contribution < 1.29 is 9.18 Å². The highest BCUT2D eigenvalue weighted by atomic mass is 19.1. The summed E-state index contributed by atoms with van der Waals surface area (Å²) in [6.45, 7) is 6.06. The zero-order valence-electron chi connectivity index (χ0n) is 22.2. The third kappa shape index (κ3) is 5.63. The summed E-state index contributed by atoms with van der Waals surface area (Å²) < 4.78 is 17.2. The molecule has 2 aromatic heterocycles. The number of halogens is 1. The monoisotopic (exact) mass is 541 g/mol. The number of carbonyl (C=O) groups excluding carboxylic acids is 1. The lowest BCUT2D eigenvalue weighted by Crippen LogP contribution is -2.29. The number of anilines is 2. The number of urea groups is 1. The molecule has 2 heterocycles. The van der Waals surface area contributed by atoms with E-state index in [2.05, 4.69) is 15.7 Å². The standard InChI is InChI=1S/C29H28FN7O3/c1-29(2,3)24-17-25(32-26(38)31-21-14-12-20(30)13-15-21)36(33-24)23-11-7-8-19(16-23)18-35-27(39)34-37(28(35)40)22-9-5-4-6-10-22/h4-17H,18H2,1-3H3,(H,34,39)(H2,31,32,38). The van der Waals surface area contributed by atoms with Crippen molar-refractivity contribution in [1.29, 1.82) is 0 Å². The number of H-pyrrole nitrogens is 1. The fraction of sp³-hybridized carbons (Fsp3) is 0.172. The quantitative estimate of drug-likeness (QED) is 0.290. The fourth-order valence-electron chi connectivity index (χ4n) is 4.12. The van der Waals surface area contributed by atoms with Gasteiger partial charge in [0, 0.05) is 17.2 Å². The number of benzene rings is 3. The lowest BCUT2D eigenvalue weighted by Gasteiger charge is -2.14. The van der Waals surface area contributed by atoms with Crippen molar-refractivity contribution >= 4 is 17.5 Å². The predicted octanol–water partition coefficient (Wildman–Crippen LogP) is 4.64. The molecule has 0 spiro atoms. The fourth-order valence-corrected chi connectivity index (χ4v) is 4.12. The Kier molecular flexibility index (Phi) is 6.95. The van der Waals surface area contributed by atoms with Gasteiger partial charge in [0.05, 0.1) is 23.6 Å². The van der Waals surface area contributed by atoms with Crippen molar-refractivity contribution in [2.75, 3.05) is 10.6 Å². The molecule has 0 atom stereocenters. The van der Waals surface area contributed by atoms with Crippen LogP contribution in [0.2, 0.25) is 0 Å². The van der Waals surface area contributed by atoms with E-state index in [4.69, 9.17) is 5.10 Å². The summed E-state index contributed by atoms with van der Waals surface area (Å²) in [5.74, 6) is 0.00607. The summed E-state index contributed by atoms with van der Waals surface area (Å²) in [7, 11) is 0. The molecule has 0 unspecified atom stereocenters. The molecule has 0 aliphatic rings. The van der Waals surface area contributed by atoms with Crippen molar-refractivity contribution in [2.45, 2.75) is 32.7 Å². The second kappa shape index (κ2) is 10.5. The van der Waals surface area contributed by atoms with Gasteiger partial charge in [0.1, 0.15) is 11.6 Å². The van der Waals surface area contributed by atoms with Crippen LogP contribution >= 0.6 is 0 Å². The van der Waals surface area contributed by atoms with E-state index in [1.807, 2.05) is 32.9 Å². The van der Waals surface area contributed by atoms with Crippen LogP contribution in [0.25, 0.3) is 11.4 Å². The summed E-state index contributed by atoms with van der Waals surface area (Å²) in [6, 6.07) is 22.8. The van der Waals surface area contributed by atoms with Gasteiger partial charge in [-0.15, -0.1) is 0 Å². The number of rotatable bonds is 6. The van der Waals surface area contributed by atoms with Crippen molar-refractivity contribution in [3.63, 3.8) is 0 Å². The number of para-hydroxylation sites is 1. The maximum absolute atomic E-state index is 13.2. The molecule has 0 fully saturated rings. The Hall–Kier alpha value is -5.19. The van der Waals surface area contributed by atoms with Gasteiger partial charge in [-0.2, -0.15) is 5.10 Å². The highest BCUT2D eigenvalue weighted by molar-refractivity contribution is 5.99. The number of carbonyl (C=O) groups is 1. The van der Waals surface area contributed by atoms with E-state index in [9.17, 15) is 18.8 Å². The molecule has 3 N–H and O–H groups in total. The molecule has 5 aromatic rings. The second-order valence-electron chi connectivity index (χ2n) is 10.3. The molecule has 0 bridgehead atoms. The summed E-state index contributed by atoms with van der Waals surface area (Å²) in [4.78, 5) is 38.4. The highest BCUT2D eigenvalue weighted by Crippen LogP contribution is 2.27. The lowest BCUT2D eigenvalue weighted by molar-refractivity contribution is 0.262. The van der Waals surface area contributed by atoms with Crippen LogP contribution in [0.3, 0.4) is 0 Å². The first kappa shape index (κ1) is 26.4. The lowest BCUT2D eigenvalue weighted by atomic mass is 9.92. The van der Waals surface area contributed by atoms with Crippen LogP contribution in [0.4, 0.5) is 20.7 Å². The van der Waals surface area contributed by atoms with Gasteiger partial charge in [-0.3, -0.25) is 5.32 Å². The number of amides is 2. The zero-order valence-corrected chi connectivity index (χ0v) is 22.2. The first-order valence-electron chi connectivity index (χ1n) is 12.6. The Balaban J connectivity index is 1.45. The summed E-state index contributed by atoms with van der Waals surface area (Å²) >= 11 is 0. The molecular formula is C29H28FN7O3. The highest BCUT2D eigenvalue weighted by Gasteiger charge is 2.22. The molecule has 11 heteroatoms. The van der Waals surface area contributed by atoms with E-state index in [1.165, 1.54) is 28.9 Å². The average molecular weight is 542 g/mol. The minimum Gasteiger partial charge on any atom is -0.308 e. The van der Waals surface area contributed by atoms with Crippen molar-refractivity contribution in [3.8, 4) is 11.4 Å². The van der Waals surface area contributed by atoms with Gasteiger partial charge in [-0.05, 0) is 54.1 Å². The molecule has 0 aliphatic heterocycles. The smallest absolute Gasteiger partial charge is 0.308 e. The average Bonchev–Trinajstić information content (AvgIpc) is 3.47. The Morgan fingerprint density at radius 1 is 0.900 bits per heavy atom. The number of nitrogens with zero attached hydrogens (tertiary/aromatic N) is 4. The van der Waals surface area contributed by atoms with E-state index in [0.717, 1.165) is 10.3 Å². The molecule has 0 saturated heterocycles. The number of hydrogen-bond donors (Lipinski definition) is 3. The number of nitrogens with one attached hydrogen (secondary N) is 3. The van der Waals surface area contributed by atoms with Gasteiger partial charge in [0.2, 0.25) is 0 Å². The molecule has 2 amide bonds. The Morgan fingerprint density at radius 3 is 2.30 bits per heavy atom. The maximum Gasteiger partial charge on any atom is 0.352 e. The van der Waals surface area contributed by atoms with Crippen LogP contribution in [0.15, 0.2) is 94.5 Å². The van der Waals surface area contributed by atoms with E-state index < -0.39 is 23.2 Å². The SMILES string of the molecule is CC(C)(C)c1cc(NC(=O)Nc2ccc(F)cc2)n(-c2cccc(Cn3c(=O)[nH]n(-c4ccccc4)c3=O)c2)n1. The topological polar surface area (TPSA) is 119 Å². The van der Waals surface area contributed by atoms with E-state index in [1.54, 1.807) is 53.2 Å². The van der Waals surface area contributed by atoms with Crippen molar-refractivity contribution in [2.24, 2.45) is 0 Å². The molecule has 204 valence electrons.